The van der Waals surface area contributed by atoms with Crippen molar-refractivity contribution in [3.8, 4) is 0 Å². The highest BCUT2D eigenvalue weighted by atomic mass is 31.2. The Morgan fingerprint density at radius 3 is 0.826 bits per heavy atom. The predicted molar refractivity (Wildman–Crippen MR) is 372 cm³/mol. The van der Waals surface area contributed by atoms with E-state index in [1.165, 1.54) is 173 Å². The molecule has 0 rings (SSSR count). The zero-order valence-electron chi connectivity index (χ0n) is 60.0. The smallest absolute Gasteiger partial charge is 0.462 e. The third kappa shape index (κ3) is 64.1. The number of aliphatic hydroxyl groups is 1. The predicted octanol–water partition coefficient (Wildman–Crippen LogP) is 21.0. The second-order valence-electron chi connectivity index (χ2n) is 27.3. The number of aliphatic hydroxyl groups excluding tert-OH is 1. The van der Waals surface area contributed by atoms with Gasteiger partial charge in [0.15, 0.2) is 12.2 Å². The van der Waals surface area contributed by atoms with Gasteiger partial charge in [0, 0.05) is 25.7 Å². The summed E-state index contributed by atoms with van der Waals surface area (Å²) in [7, 11) is -9.90. The highest BCUT2D eigenvalue weighted by Gasteiger charge is 2.30. The topological polar surface area (TPSA) is 237 Å². The molecule has 0 radical (unpaired) electrons. The van der Waals surface area contributed by atoms with Crippen LogP contribution in [0.3, 0.4) is 0 Å². The lowest BCUT2D eigenvalue weighted by molar-refractivity contribution is -0.161. The van der Waals surface area contributed by atoms with Crippen LogP contribution >= 0.6 is 15.6 Å². The van der Waals surface area contributed by atoms with E-state index in [0.29, 0.717) is 25.7 Å². The number of hydrogen-bond donors (Lipinski definition) is 3. The fourth-order valence-corrected chi connectivity index (χ4v) is 12.6. The molecule has 0 amide bonds. The molecule has 0 aliphatic heterocycles. The maximum Gasteiger partial charge on any atom is 0.472 e. The molecule has 3 N–H and O–H groups in total. The average Bonchev–Trinajstić information content (AvgIpc) is 3.44. The number of carbonyl (C=O) groups is 4. The van der Waals surface area contributed by atoms with Crippen LogP contribution in [0.25, 0.3) is 0 Å². The normalized spacial score (nSPS) is 14.7. The van der Waals surface area contributed by atoms with Crippen LogP contribution < -0.4 is 0 Å². The van der Waals surface area contributed by atoms with Crippen molar-refractivity contribution in [1.29, 1.82) is 0 Å². The highest BCUT2D eigenvalue weighted by Crippen LogP contribution is 2.45. The van der Waals surface area contributed by atoms with Gasteiger partial charge in [0.25, 0.3) is 0 Å². The molecule has 0 bridgehead atoms. The van der Waals surface area contributed by atoms with Gasteiger partial charge in [0.2, 0.25) is 0 Å². The van der Waals surface area contributed by atoms with Crippen molar-refractivity contribution in [3.05, 3.63) is 0 Å². The Kier molecular flexibility index (Phi) is 62.4. The lowest BCUT2D eigenvalue weighted by Crippen LogP contribution is -2.30. The molecule has 0 aromatic heterocycles. The van der Waals surface area contributed by atoms with Gasteiger partial charge in [-0.15, -0.1) is 0 Å². The third-order valence-electron chi connectivity index (χ3n) is 17.6. The summed E-state index contributed by atoms with van der Waals surface area (Å²) in [6, 6.07) is 0. The number of unbranched alkanes of at least 4 members (excludes halogenated alkanes) is 37. The first-order chi connectivity index (χ1) is 44.3. The number of ether oxygens (including phenoxy) is 4. The van der Waals surface area contributed by atoms with Crippen molar-refractivity contribution < 1.29 is 80.2 Å². The fraction of sp³-hybridized carbons (Fsp3) is 0.945. The summed E-state index contributed by atoms with van der Waals surface area (Å²) in [6.45, 7) is 11.8. The van der Waals surface area contributed by atoms with Crippen LogP contribution in [-0.2, 0) is 65.4 Å². The Bertz CT molecular complexity index is 1810. The molecule has 0 aliphatic rings. The molecule has 0 saturated heterocycles. The van der Waals surface area contributed by atoms with Crippen LogP contribution in [0.2, 0.25) is 0 Å². The third-order valence-corrected chi connectivity index (χ3v) is 19.5. The standard InChI is InChI=1S/C73H142O17P2/c1-8-11-12-37-47-54-70(75)83-60-68(90-73(78)57-50-43-36-35-40-46-53-66(7)10-3)62-87-91(79,80)85-58-67(74)59-86-92(81,82)88-63-69(61-84-71(76)55-48-41-33-29-25-21-18-17-20-24-28-32-39-45-52-65(6)9-2)89-72(77)56-49-42-34-30-26-22-16-14-13-15-19-23-27-31-38-44-51-64(4)5/h64-69,74H,8-63H2,1-7H3,(H,79,80)(H,81,82)/t65?,66?,67-,68+,69+/m0/s1. The summed E-state index contributed by atoms with van der Waals surface area (Å²) in [5, 5.41) is 10.6. The fourth-order valence-electron chi connectivity index (χ4n) is 11.0. The molecule has 7 atom stereocenters. The van der Waals surface area contributed by atoms with E-state index in [-0.39, 0.29) is 25.7 Å². The van der Waals surface area contributed by atoms with Crippen LogP contribution in [0.4, 0.5) is 0 Å². The van der Waals surface area contributed by atoms with Gasteiger partial charge in [-0.25, -0.2) is 9.13 Å². The number of phosphoric acid groups is 2. The molecule has 546 valence electrons. The highest BCUT2D eigenvalue weighted by molar-refractivity contribution is 7.47. The first kappa shape index (κ1) is 90.1. The zero-order valence-corrected chi connectivity index (χ0v) is 61.8. The minimum Gasteiger partial charge on any atom is -0.462 e. The van der Waals surface area contributed by atoms with Gasteiger partial charge in [-0.2, -0.15) is 0 Å². The van der Waals surface area contributed by atoms with E-state index in [0.717, 1.165) is 114 Å². The summed E-state index contributed by atoms with van der Waals surface area (Å²) in [4.78, 5) is 72.3. The average molecular weight is 1350 g/mol. The Morgan fingerprint density at radius 2 is 0.554 bits per heavy atom. The summed E-state index contributed by atoms with van der Waals surface area (Å²) in [5.41, 5.74) is 0. The first-order valence-corrected chi connectivity index (χ1v) is 40.9. The van der Waals surface area contributed by atoms with Gasteiger partial charge in [-0.05, 0) is 43.4 Å². The van der Waals surface area contributed by atoms with E-state index in [9.17, 15) is 43.2 Å². The maximum absolute atomic E-state index is 13.1. The van der Waals surface area contributed by atoms with E-state index in [1.807, 2.05) is 0 Å². The number of esters is 4. The second kappa shape index (κ2) is 63.8. The molecule has 17 nitrogen and oxygen atoms in total. The number of hydrogen-bond acceptors (Lipinski definition) is 15. The molecule has 0 aliphatic carbocycles. The number of rotatable bonds is 71. The largest absolute Gasteiger partial charge is 0.472 e. The molecule has 92 heavy (non-hydrogen) atoms. The summed E-state index contributed by atoms with van der Waals surface area (Å²) in [5.74, 6) is 0.244. The Morgan fingerprint density at radius 1 is 0.315 bits per heavy atom. The Hall–Kier alpha value is -1.94. The van der Waals surface area contributed by atoms with E-state index < -0.39 is 97.5 Å². The van der Waals surface area contributed by atoms with Gasteiger partial charge >= 0.3 is 39.5 Å². The quantitative estimate of drug-likeness (QED) is 0.0222. The van der Waals surface area contributed by atoms with Gasteiger partial charge in [-0.3, -0.25) is 37.3 Å². The van der Waals surface area contributed by atoms with Crippen LogP contribution in [0.1, 0.15) is 370 Å². The number of carbonyl (C=O) groups excluding carboxylic acids is 4. The van der Waals surface area contributed by atoms with Crippen molar-refractivity contribution in [2.75, 3.05) is 39.6 Å². The molecule has 0 aromatic carbocycles. The van der Waals surface area contributed by atoms with Gasteiger partial charge in [0.1, 0.15) is 19.3 Å². The van der Waals surface area contributed by atoms with Crippen molar-refractivity contribution in [2.45, 2.75) is 388 Å². The van der Waals surface area contributed by atoms with Crippen molar-refractivity contribution in [3.63, 3.8) is 0 Å². The van der Waals surface area contributed by atoms with Gasteiger partial charge in [0.05, 0.1) is 26.4 Å². The lowest BCUT2D eigenvalue weighted by atomic mass is 9.99. The summed E-state index contributed by atoms with van der Waals surface area (Å²) >= 11 is 0. The minimum atomic E-state index is -4.95. The second-order valence-corrected chi connectivity index (χ2v) is 30.2. The zero-order chi connectivity index (χ0) is 68.0. The van der Waals surface area contributed by atoms with Gasteiger partial charge in [-0.1, -0.05) is 318 Å². The van der Waals surface area contributed by atoms with Crippen LogP contribution in [0, 0.1) is 17.8 Å². The lowest BCUT2D eigenvalue weighted by Gasteiger charge is -2.21. The summed E-state index contributed by atoms with van der Waals surface area (Å²) < 4.78 is 68.1. The Labute approximate surface area is 562 Å². The molecular weight excluding hydrogens is 1210 g/mol. The van der Waals surface area contributed by atoms with Crippen LogP contribution in [-0.4, -0.2) is 96.7 Å². The van der Waals surface area contributed by atoms with Crippen LogP contribution in [0.15, 0.2) is 0 Å². The van der Waals surface area contributed by atoms with Crippen molar-refractivity contribution in [2.24, 2.45) is 17.8 Å². The molecular formula is C73H142O17P2. The molecule has 19 heteroatoms. The van der Waals surface area contributed by atoms with Crippen molar-refractivity contribution in [1.82, 2.24) is 0 Å². The van der Waals surface area contributed by atoms with E-state index in [4.69, 9.17) is 37.0 Å². The maximum atomic E-state index is 13.1. The van der Waals surface area contributed by atoms with E-state index in [1.54, 1.807) is 0 Å². The summed E-state index contributed by atoms with van der Waals surface area (Å²) in [6.07, 6.45) is 49.1. The molecule has 0 saturated carbocycles. The molecule has 0 fully saturated rings. The monoisotopic (exact) mass is 1350 g/mol. The SMILES string of the molecule is CCCCCCCC(=O)OC[C@H](COP(=O)(O)OC[C@H](O)COP(=O)(O)OC[C@@H](COC(=O)CCCCCCCCCCCCCCCCC(C)CC)OC(=O)CCCCCCCCCCCCCCCCCCC(C)C)OC(=O)CCCCCCCCC(C)CC. The van der Waals surface area contributed by atoms with Gasteiger partial charge < -0.3 is 33.8 Å². The molecule has 0 heterocycles. The Balaban J connectivity index is 5.14. The molecule has 0 aromatic rings. The molecule has 0 spiro atoms. The number of phosphoric ester groups is 2. The molecule has 4 unspecified atom stereocenters. The van der Waals surface area contributed by atoms with E-state index >= 15 is 0 Å². The van der Waals surface area contributed by atoms with Crippen molar-refractivity contribution >= 4 is 39.5 Å². The first-order valence-electron chi connectivity index (χ1n) is 37.9. The van der Waals surface area contributed by atoms with Crippen LogP contribution in [0.5, 0.6) is 0 Å². The van der Waals surface area contributed by atoms with E-state index in [2.05, 4.69) is 48.5 Å². The minimum absolute atomic E-state index is 0.102.